The fourth-order valence-electron chi connectivity index (χ4n) is 3.91. The van der Waals surface area contributed by atoms with Crippen LogP contribution in [-0.2, 0) is 22.5 Å². The van der Waals surface area contributed by atoms with E-state index in [4.69, 9.17) is 16.3 Å². The van der Waals surface area contributed by atoms with Gasteiger partial charge >= 0.3 is 0 Å². The molecule has 4 rings (SSSR count). The van der Waals surface area contributed by atoms with Gasteiger partial charge in [0.2, 0.25) is 5.91 Å². The molecule has 1 aliphatic heterocycles. The second-order valence-corrected chi connectivity index (χ2v) is 9.59. The summed E-state index contributed by atoms with van der Waals surface area (Å²) in [4.78, 5) is 25.8. The van der Waals surface area contributed by atoms with Crippen molar-refractivity contribution < 1.29 is 14.3 Å². The van der Waals surface area contributed by atoms with Crippen molar-refractivity contribution in [1.29, 1.82) is 0 Å². The van der Waals surface area contributed by atoms with Crippen molar-refractivity contribution in [3.8, 4) is 0 Å². The normalized spacial score (nSPS) is 19.9. The van der Waals surface area contributed by atoms with Gasteiger partial charge in [-0.05, 0) is 56.2 Å². The third-order valence-corrected chi connectivity index (χ3v) is 7.06. The minimum Gasteiger partial charge on any atom is -0.486 e. The van der Waals surface area contributed by atoms with Gasteiger partial charge in [0.05, 0.1) is 22.1 Å². The first-order chi connectivity index (χ1) is 15.9. The van der Waals surface area contributed by atoms with Crippen molar-refractivity contribution in [2.45, 2.75) is 39.3 Å². The Labute approximate surface area is 202 Å². The van der Waals surface area contributed by atoms with Crippen LogP contribution >= 0.6 is 22.9 Å². The lowest BCUT2D eigenvalue weighted by Gasteiger charge is -2.11. The molecule has 8 heteroatoms. The smallest absolute Gasteiger partial charge is 0.244 e. The molecular formula is C25H26ClN3O3S. The predicted octanol–water partition coefficient (Wildman–Crippen LogP) is 4.89. The second-order valence-electron chi connectivity index (χ2n) is 8.01. The van der Waals surface area contributed by atoms with Gasteiger partial charge < -0.3 is 10.1 Å². The molecule has 1 amide bonds. The topological polar surface area (TPSA) is 73.2 Å². The van der Waals surface area contributed by atoms with Crippen molar-refractivity contribution in [3.63, 3.8) is 0 Å². The summed E-state index contributed by atoms with van der Waals surface area (Å²) in [5.74, 6) is 0.758. The molecule has 2 aromatic heterocycles. The molecule has 0 saturated carbocycles. The average Bonchev–Trinajstić information content (AvgIpc) is 3.52. The number of thiophene rings is 1. The molecule has 1 fully saturated rings. The van der Waals surface area contributed by atoms with E-state index in [9.17, 15) is 9.59 Å². The molecule has 6 nitrogen and oxygen atoms in total. The number of rotatable bonds is 8. The fourth-order valence-corrected chi connectivity index (χ4v) is 5.12. The number of carbonyl (C=O) groups excluding carboxylic acids is 2. The van der Waals surface area contributed by atoms with Crippen molar-refractivity contribution in [2.24, 2.45) is 5.92 Å². The third kappa shape index (κ3) is 5.72. The lowest BCUT2D eigenvalue weighted by atomic mass is 9.99. The van der Waals surface area contributed by atoms with Crippen LogP contribution in [0.4, 0.5) is 0 Å². The summed E-state index contributed by atoms with van der Waals surface area (Å²) >= 11 is 8.01. The number of carbonyl (C=O) groups is 2. The van der Waals surface area contributed by atoms with Gasteiger partial charge in [-0.15, -0.1) is 11.3 Å². The molecule has 1 aliphatic carbocycles. The summed E-state index contributed by atoms with van der Waals surface area (Å²) < 4.78 is 7.88. The van der Waals surface area contributed by atoms with Crippen molar-refractivity contribution in [3.05, 3.63) is 80.5 Å². The minimum atomic E-state index is -0.180. The molecule has 2 aliphatic rings. The van der Waals surface area contributed by atoms with E-state index in [1.165, 1.54) is 17.4 Å². The Hall–Kier alpha value is -2.90. The standard InChI is InChI=1S/C25H26ClN3O3S/c1-3-29-19(10-11-28-29)5-9-24(31)27-15-20-14-18-12-17(4-7-22(26)25(18)32-20)13-21-6-8-23(33-21)16(2)30/h4-12,17,20H,3,13-15H2,1-2H3,(H,27,31)/b9-5+. The number of allylic oxidation sites excluding steroid dienone is 5. The maximum atomic E-state index is 12.3. The van der Waals surface area contributed by atoms with Crippen LogP contribution in [0.15, 0.2) is 65.1 Å². The number of aryl methyl sites for hydroxylation is 1. The highest BCUT2D eigenvalue weighted by molar-refractivity contribution is 7.14. The third-order valence-electron chi connectivity index (χ3n) is 5.55. The zero-order valence-electron chi connectivity index (χ0n) is 18.6. The van der Waals surface area contributed by atoms with Gasteiger partial charge in [-0.2, -0.15) is 5.10 Å². The largest absolute Gasteiger partial charge is 0.486 e. The zero-order valence-corrected chi connectivity index (χ0v) is 20.2. The number of hydrogen-bond acceptors (Lipinski definition) is 5. The first-order valence-electron chi connectivity index (χ1n) is 11.0. The maximum absolute atomic E-state index is 12.3. The fraction of sp³-hybridized carbons (Fsp3) is 0.320. The van der Waals surface area contributed by atoms with Crippen LogP contribution in [-0.4, -0.2) is 34.1 Å². The first-order valence-corrected chi connectivity index (χ1v) is 12.2. The molecular weight excluding hydrogens is 458 g/mol. The first kappa shape index (κ1) is 23.3. The molecule has 172 valence electrons. The monoisotopic (exact) mass is 483 g/mol. The summed E-state index contributed by atoms with van der Waals surface area (Å²) in [6.07, 6.45) is 12.4. The van der Waals surface area contributed by atoms with Crippen molar-refractivity contribution in [1.82, 2.24) is 15.1 Å². The molecule has 2 aromatic rings. The number of halogens is 1. The molecule has 2 unspecified atom stereocenters. The van der Waals surface area contributed by atoms with E-state index in [2.05, 4.69) is 22.6 Å². The highest BCUT2D eigenvalue weighted by atomic mass is 35.5. The average molecular weight is 484 g/mol. The lowest BCUT2D eigenvalue weighted by molar-refractivity contribution is -0.116. The number of nitrogens with one attached hydrogen (secondary N) is 1. The highest BCUT2D eigenvalue weighted by Crippen LogP contribution is 2.37. The molecule has 2 atom stereocenters. The van der Waals surface area contributed by atoms with Crippen LogP contribution in [0, 0.1) is 5.92 Å². The van der Waals surface area contributed by atoms with Gasteiger partial charge in [0, 0.05) is 36.0 Å². The van der Waals surface area contributed by atoms with Gasteiger partial charge in [-0.25, -0.2) is 0 Å². The Morgan fingerprint density at radius 3 is 2.97 bits per heavy atom. The van der Waals surface area contributed by atoms with E-state index < -0.39 is 0 Å². The molecule has 1 saturated heterocycles. The second kappa shape index (κ2) is 10.4. The van der Waals surface area contributed by atoms with E-state index in [1.807, 2.05) is 35.9 Å². The molecule has 0 radical (unpaired) electrons. The maximum Gasteiger partial charge on any atom is 0.244 e. The molecule has 0 bridgehead atoms. The quantitative estimate of drug-likeness (QED) is 0.428. The summed E-state index contributed by atoms with van der Waals surface area (Å²) in [5.41, 5.74) is 1.94. The van der Waals surface area contributed by atoms with Gasteiger partial charge in [0.15, 0.2) is 5.78 Å². The number of amides is 1. The van der Waals surface area contributed by atoms with Crippen molar-refractivity contribution >= 4 is 40.7 Å². The Balaban J connectivity index is 1.35. The van der Waals surface area contributed by atoms with Crippen LogP contribution in [0.3, 0.4) is 0 Å². The van der Waals surface area contributed by atoms with Gasteiger partial charge in [0.1, 0.15) is 11.9 Å². The van der Waals surface area contributed by atoms with E-state index >= 15 is 0 Å². The SMILES string of the molecule is CCn1nccc1/C=C/C(=O)NCC1CC2=CC(Cc3ccc(C(C)=O)s3)C=CC(Cl)=C2O1. The Morgan fingerprint density at radius 1 is 1.36 bits per heavy atom. The zero-order chi connectivity index (χ0) is 23.4. The Bertz CT molecular complexity index is 1170. The summed E-state index contributed by atoms with van der Waals surface area (Å²) in [6, 6.07) is 5.76. The molecule has 33 heavy (non-hydrogen) atoms. The minimum absolute atomic E-state index is 0.0907. The van der Waals surface area contributed by atoms with Crippen LogP contribution in [0.2, 0.25) is 0 Å². The summed E-state index contributed by atoms with van der Waals surface area (Å²) in [5, 5.41) is 7.67. The van der Waals surface area contributed by atoms with Crippen LogP contribution in [0.5, 0.6) is 0 Å². The van der Waals surface area contributed by atoms with Crippen LogP contribution < -0.4 is 5.32 Å². The van der Waals surface area contributed by atoms with Crippen LogP contribution in [0.1, 0.15) is 40.5 Å². The Kier molecular flexibility index (Phi) is 7.30. The van der Waals surface area contributed by atoms with Gasteiger partial charge in [-0.1, -0.05) is 23.8 Å². The van der Waals surface area contributed by atoms with Crippen molar-refractivity contribution in [2.75, 3.05) is 6.54 Å². The van der Waals surface area contributed by atoms with E-state index in [0.29, 0.717) is 23.8 Å². The van der Waals surface area contributed by atoms with Gasteiger partial charge in [-0.3, -0.25) is 14.3 Å². The highest BCUT2D eigenvalue weighted by Gasteiger charge is 2.29. The number of nitrogens with zero attached hydrogens (tertiary/aromatic N) is 2. The molecule has 0 spiro atoms. The molecule has 0 aromatic carbocycles. The van der Waals surface area contributed by atoms with Crippen LogP contribution in [0.25, 0.3) is 6.08 Å². The predicted molar refractivity (Wildman–Crippen MR) is 131 cm³/mol. The number of hydrogen-bond donors (Lipinski definition) is 1. The Morgan fingerprint density at radius 2 is 2.21 bits per heavy atom. The number of Topliss-reactive ketones (excluding diaryl/α,β-unsaturated/α-hetero) is 1. The van der Waals surface area contributed by atoms with E-state index in [0.717, 1.165) is 34.0 Å². The van der Waals surface area contributed by atoms with E-state index in [-0.39, 0.29) is 23.7 Å². The lowest BCUT2D eigenvalue weighted by Crippen LogP contribution is -2.30. The van der Waals surface area contributed by atoms with E-state index in [1.54, 1.807) is 19.2 Å². The molecule has 3 heterocycles. The number of fused-ring (bicyclic) bond motifs is 1. The summed E-state index contributed by atoms with van der Waals surface area (Å²) in [6.45, 7) is 4.73. The molecule has 1 N–H and O–H groups in total. The van der Waals surface area contributed by atoms with Gasteiger partial charge in [0.25, 0.3) is 0 Å². The number of aromatic nitrogens is 2. The summed E-state index contributed by atoms with van der Waals surface area (Å²) in [7, 11) is 0. The number of ether oxygens (including phenoxy) is 1. The number of ketones is 1.